The smallest absolute Gasteiger partial charge is 0.261 e. The molecule has 4 rings (SSSR count). The topological polar surface area (TPSA) is 102 Å². The number of fused-ring (bicyclic) bond motifs is 1. The summed E-state index contributed by atoms with van der Waals surface area (Å²) in [5.41, 5.74) is 7.28. The molecule has 3 atom stereocenters. The van der Waals surface area contributed by atoms with E-state index in [-0.39, 0.29) is 11.8 Å². The number of ether oxygens (including phenoxy) is 1. The van der Waals surface area contributed by atoms with Gasteiger partial charge in [-0.15, -0.1) is 0 Å². The fraction of sp³-hybridized carbons (Fsp3) is 0.286. The zero-order valence-corrected chi connectivity index (χ0v) is 18.0. The molecule has 0 radical (unpaired) electrons. The van der Waals surface area contributed by atoms with Crippen LogP contribution in [0.5, 0.6) is 5.75 Å². The van der Waals surface area contributed by atoms with Gasteiger partial charge in [0, 0.05) is 29.2 Å². The number of benzene rings is 2. The molecule has 2 aliphatic rings. The third-order valence-electron chi connectivity index (χ3n) is 5.50. The third kappa shape index (κ3) is 3.38. The minimum Gasteiger partial charge on any atom is -0.496 e. The Morgan fingerprint density at radius 3 is 2.50 bits per heavy atom. The lowest BCUT2D eigenvalue weighted by atomic mass is 9.90. The molecule has 0 aliphatic carbocycles. The minimum absolute atomic E-state index is 0.288. The van der Waals surface area contributed by atoms with Crippen LogP contribution in [0.2, 0.25) is 0 Å². The highest BCUT2D eigenvalue weighted by Crippen LogP contribution is 2.47. The molecule has 30 heavy (non-hydrogen) atoms. The predicted molar refractivity (Wildman–Crippen MR) is 110 cm³/mol. The highest BCUT2D eigenvalue weighted by molar-refractivity contribution is 9.10. The molecular formula is C21H20BrN3O5. The van der Waals surface area contributed by atoms with Crippen LogP contribution in [0.3, 0.4) is 0 Å². The van der Waals surface area contributed by atoms with Gasteiger partial charge < -0.3 is 10.5 Å². The van der Waals surface area contributed by atoms with Gasteiger partial charge in [-0.1, -0.05) is 28.1 Å². The summed E-state index contributed by atoms with van der Waals surface area (Å²) in [6.45, 7) is 0.302. The van der Waals surface area contributed by atoms with Crippen molar-refractivity contribution in [3.05, 3.63) is 63.6 Å². The Morgan fingerprint density at radius 1 is 1.17 bits per heavy atom. The number of amides is 3. The molecule has 0 saturated carbocycles. The van der Waals surface area contributed by atoms with E-state index in [1.165, 1.54) is 7.05 Å². The number of nitrogens with zero attached hydrogens (tertiary/aromatic N) is 2. The van der Waals surface area contributed by atoms with E-state index < -0.39 is 24.0 Å². The third-order valence-corrected chi connectivity index (χ3v) is 6.00. The molecule has 2 fully saturated rings. The molecule has 2 saturated heterocycles. The molecule has 2 aromatic rings. The molecule has 3 amide bonds. The monoisotopic (exact) mass is 473 g/mol. The molecule has 2 aliphatic heterocycles. The van der Waals surface area contributed by atoms with E-state index in [9.17, 15) is 14.4 Å². The van der Waals surface area contributed by atoms with Gasteiger partial charge in [-0.25, -0.2) is 0 Å². The zero-order valence-electron chi connectivity index (χ0n) is 16.4. The lowest BCUT2D eigenvalue weighted by Gasteiger charge is -2.27. The first-order chi connectivity index (χ1) is 14.3. The molecule has 2 N–H and O–H groups in total. The Bertz CT molecular complexity index is 1030. The fourth-order valence-corrected chi connectivity index (χ4v) is 4.36. The number of halogens is 1. The number of hydroxylamine groups is 2. The number of carbonyl (C=O) groups is 3. The van der Waals surface area contributed by atoms with E-state index in [4.69, 9.17) is 15.3 Å². The highest BCUT2D eigenvalue weighted by atomic mass is 79.9. The van der Waals surface area contributed by atoms with Gasteiger partial charge in [0.1, 0.15) is 5.75 Å². The summed E-state index contributed by atoms with van der Waals surface area (Å²) in [5.74, 6) is -1.25. The van der Waals surface area contributed by atoms with Crippen LogP contribution >= 0.6 is 15.9 Å². The molecule has 2 aromatic carbocycles. The SMILES string of the molecule is COc1ccc(Br)cc1C1C2C(=O)N(C)C(=O)C2ON1Cc1ccc(C(N)=O)cc1. The van der Waals surface area contributed by atoms with Crippen LogP contribution < -0.4 is 10.5 Å². The fourth-order valence-electron chi connectivity index (χ4n) is 3.98. The summed E-state index contributed by atoms with van der Waals surface area (Å²) in [6, 6.07) is 11.8. The number of imide groups is 1. The molecule has 0 bridgehead atoms. The second-order valence-corrected chi connectivity index (χ2v) is 8.17. The van der Waals surface area contributed by atoms with Crippen molar-refractivity contribution in [2.75, 3.05) is 14.2 Å². The van der Waals surface area contributed by atoms with Crippen LogP contribution in [-0.2, 0) is 21.0 Å². The lowest BCUT2D eigenvalue weighted by Crippen LogP contribution is -2.34. The molecule has 0 aromatic heterocycles. The van der Waals surface area contributed by atoms with Crippen LogP contribution in [0.15, 0.2) is 46.9 Å². The van der Waals surface area contributed by atoms with Crippen LogP contribution in [-0.4, -0.2) is 47.9 Å². The Labute approximate surface area is 181 Å². The second kappa shape index (κ2) is 7.82. The van der Waals surface area contributed by atoms with Gasteiger partial charge in [0.25, 0.3) is 5.91 Å². The van der Waals surface area contributed by atoms with Gasteiger partial charge in [-0.2, -0.15) is 5.06 Å². The molecule has 0 spiro atoms. The van der Waals surface area contributed by atoms with Crippen LogP contribution in [0.25, 0.3) is 0 Å². The van der Waals surface area contributed by atoms with Crippen molar-refractivity contribution in [1.82, 2.24) is 9.96 Å². The number of primary amides is 1. The van der Waals surface area contributed by atoms with Gasteiger partial charge in [0.2, 0.25) is 11.8 Å². The van der Waals surface area contributed by atoms with Crippen molar-refractivity contribution in [2.24, 2.45) is 11.7 Å². The number of hydrogen-bond acceptors (Lipinski definition) is 6. The van der Waals surface area contributed by atoms with Crippen molar-refractivity contribution in [3.63, 3.8) is 0 Å². The van der Waals surface area contributed by atoms with Crippen molar-refractivity contribution in [3.8, 4) is 5.75 Å². The van der Waals surface area contributed by atoms with E-state index in [0.29, 0.717) is 17.9 Å². The van der Waals surface area contributed by atoms with Crippen LogP contribution in [0.4, 0.5) is 0 Å². The second-order valence-electron chi connectivity index (χ2n) is 7.25. The van der Waals surface area contributed by atoms with Crippen molar-refractivity contribution in [2.45, 2.75) is 18.7 Å². The number of hydrogen-bond donors (Lipinski definition) is 1. The molecule has 3 unspecified atom stereocenters. The number of nitrogens with two attached hydrogens (primary N) is 1. The zero-order chi connectivity index (χ0) is 21.6. The van der Waals surface area contributed by atoms with Gasteiger partial charge in [0.05, 0.1) is 19.1 Å². The molecular weight excluding hydrogens is 454 g/mol. The number of carbonyl (C=O) groups excluding carboxylic acids is 3. The molecule has 156 valence electrons. The molecule has 2 heterocycles. The minimum atomic E-state index is -0.888. The number of likely N-dealkylation sites (tertiary alicyclic amines) is 1. The standard InChI is InChI=1S/C21H20BrN3O5/c1-24-20(27)16-17(14-9-13(22)7-8-15(14)29-2)25(30-18(16)21(24)28)10-11-3-5-12(6-4-11)19(23)26/h3-9,16-18H,10H2,1-2H3,(H2,23,26). The summed E-state index contributed by atoms with van der Waals surface area (Å²) < 4.78 is 6.34. The summed E-state index contributed by atoms with van der Waals surface area (Å²) >= 11 is 3.47. The van der Waals surface area contributed by atoms with E-state index in [1.807, 2.05) is 12.1 Å². The van der Waals surface area contributed by atoms with E-state index in [2.05, 4.69) is 15.9 Å². The Hall–Kier alpha value is -2.75. The van der Waals surface area contributed by atoms with Crippen molar-refractivity contribution in [1.29, 1.82) is 0 Å². The van der Waals surface area contributed by atoms with Crippen molar-refractivity contribution >= 4 is 33.7 Å². The highest BCUT2D eigenvalue weighted by Gasteiger charge is 2.59. The number of methoxy groups -OCH3 is 1. The summed E-state index contributed by atoms with van der Waals surface area (Å²) in [5, 5.41) is 1.64. The first kappa shape index (κ1) is 20.5. The Balaban J connectivity index is 1.74. The first-order valence-electron chi connectivity index (χ1n) is 9.29. The summed E-state index contributed by atoms with van der Waals surface area (Å²) in [4.78, 5) is 43.9. The summed E-state index contributed by atoms with van der Waals surface area (Å²) in [6.07, 6.45) is -0.888. The van der Waals surface area contributed by atoms with Gasteiger partial charge in [-0.3, -0.25) is 24.1 Å². The average molecular weight is 474 g/mol. The lowest BCUT2D eigenvalue weighted by molar-refractivity contribution is -0.183. The van der Waals surface area contributed by atoms with E-state index in [1.54, 1.807) is 42.5 Å². The van der Waals surface area contributed by atoms with Gasteiger partial charge in [-0.05, 0) is 35.9 Å². The maximum atomic E-state index is 12.9. The normalized spacial score (nSPS) is 23.7. The maximum absolute atomic E-state index is 12.9. The van der Waals surface area contributed by atoms with Crippen molar-refractivity contribution < 1.29 is 24.0 Å². The van der Waals surface area contributed by atoms with Gasteiger partial charge in [0.15, 0.2) is 6.10 Å². The Kier molecular flexibility index (Phi) is 5.35. The van der Waals surface area contributed by atoms with E-state index in [0.717, 1.165) is 20.5 Å². The quantitative estimate of drug-likeness (QED) is 0.666. The van der Waals surface area contributed by atoms with Gasteiger partial charge >= 0.3 is 0 Å². The predicted octanol–water partition coefficient (Wildman–Crippen LogP) is 2.03. The maximum Gasteiger partial charge on any atom is 0.261 e. The number of rotatable bonds is 5. The Morgan fingerprint density at radius 2 is 1.87 bits per heavy atom. The molecule has 8 nitrogen and oxygen atoms in total. The average Bonchev–Trinajstić information content (AvgIpc) is 3.19. The first-order valence-corrected chi connectivity index (χ1v) is 10.1. The van der Waals surface area contributed by atoms with Crippen LogP contribution in [0.1, 0.15) is 27.5 Å². The van der Waals surface area contributed by atoms with E-state index >= 15 is 0 Å². The largest absolute Gasteiger partial charge is 0.496 e. The summed E-state index contributed by atoms with van der Waals surface area (Å²) in [7, 11) is 3.02. The number of likely N-dealkylation sites (N-methyl/N-ethyl adjacent to an activating group) is 1. The molecule has 9 heteroatoms. The van der Waals surface area contributed by atoms with Crippen LogP contribution in [0, 0.1) is 5.92 Å².